The summed E-state index contributed by atoms with van der Waals surface area (Å²) < 4.78 is 0. The molecule has 1 nitrogen and oxygen atoms in total. The summed E-state index contributed by atoms with van der Waals surface area (Å²) in [6, 6.07) is 0. The quantitative estimate of drug-likeness (QED) is 0.664. The van der Waals surface area contributed by atoms with Crippen LogP contribution in [0.25, 0.3) is 0 Å². The molecule has 0 aromatic heterocycles. The molecule has 0 radical (unpaired) electrons. The summed E-state index contributed by atoms with van der Waals surface area (Å²) in [7, 11) is 8.34. The Hall–Kier alpha value is 0.0249. The van der Waals surface area contributed by atoms with Crippen molar-refractivity contribution in [3.63, 3.8) is 0 Å². The smallest absolute Gasteiger partial charge is 0.101 e. The third-order valence-corrected chi connectivity index (χ3v) is 3.92. The lowest BCUT2D eigenvalue weighted by Crippen LogP contribution is -2.01. The minimum absolute atomic E-state index is 1.06. The molecule has 1 aliphatic rings. The van der Waals surface area contributed by atoms with E-state index in [4.69, 9.17) is 0 Å². The highest BCUT2D eigenvalue weighted by atomic mass is 15.0. The molecule has 0 aliphatic heterocycles. The van der Waals surface area contributed by atoms with Crippen LogP contribution in [-0.4, -0.2) is 33.9 Å². The van der Waals surface area contributed by atoms with Gasteiger partial charge in [0.1, 0.15) is 7.85 Å². The number of hydrogen-bond donors (Lipinski definition) is 0. The van der Waals surface area contributed by atoms with Crippen molar-refractivity contribution in [2.45, 2.75) is 83.4 Å². The number of rotatable bonds is 2. The maximum Gasteiger partial charge on any atom is 0.101 e. The molecule has 1 saturated carbocycles. The lowest BCUT2D eigenvalue weighted by molar-refractivity contribution is 0.385. The van der Waals surface area contributed by atoms with E-state index in [9.17, 15) is 0 Å². The maximum absolute atomic E-state index is 2.34. The van der Waals surface area contributed by atoms with Gasteiger partial charge in [-0.15, -0.1) is 0 Å². The van der Waals surface area contributed by atoms with Gasteiger partial charge in [-0.2, -0.15) is 0 Å². The lowest BCUT2D eigenvalue weighted by Gasteiger charge is -2.16. The van der Waals surface area contributed by atoms with E-state index in [2.05, 4.69) is 7.85 Å². The average Bonchev–Trinajstić information content (AvgIpc) is 2.32. The second-order valence-electron chi connectivity index (χ2n) is 6.76. The third-order valence-electron chi connectivity index (χ3n) is 3.92. The van der Waals surface area contributed by atoms with Gasteiger partial charge in [-0.3, -0.25) is 0 Å². The van der Waals surface area contributed by atoms with Crippen molar-refractivity contribution in [1.82, 2.24) is 4.90 Å². The van der Waals surface area contributed by atoms with E-state index in [0.717, 1.165) is 5.92 Å². The van der Waals surface area contributed by atoms with Crippen LogP contribution in [0.1, 0.15) is 77.0 Å². The summed E-state index contributed by atoms with van der Waals surface area (Å²) in [4.78, 5) is 2.00. The topological polar surface area (TPSA) is 3.24 Å². The fraction of sp³-hybridized carbons (Fsp3) is 1.00. The summed E-state index contributed by atoms with van der Waals surface area (Å²) in [5.74, 6) is 1.06. The van der Waals surface area contributed by atoms with Gasteiger partial charge in [-0.05, 0) is 27.1 Å². The van der Waals surface area contributed by atoms with Crippen LogP contribution < -0.4 is 0 Å². The molecule has 0 aromatic rings. The van der Waals surface area contributed by atoms with Crippen molar-refractivity contribution in [1.29, 1.82) is 0 Å². The van der Waals surface area contributed by atoms with Crippen LogP contribution in [0.2, 0.25) is 6.32 Å². The largest absolute Gasteiger partial charge is 0.312 e. The standard InChI is InChI=1S/C14H29B.C3H9N/c15-13-12-14-10-8-6-4-2-1-3-5-7-9-11-14;1-4(2)3/h14H,1-13,15H2;1-3H3. The summed E-state index contributed by atoms with van der Waals surface area (Å²) in [6.45, 7) is 0. The van der Waals surface area contributed by atoms with E-state index in [1.54, 1.807) is 0 Å². The Morgan fingerprint density at radius 1 is 0.737 bits per heavy atom. The molecule has 0 bridgehead atoms. The Morgan fingerprint density at radius 2 is 1.05 bits per heavy atom. The molecule has 0 amide bonds. The van der Waals surface area contributed by atoms with E-state index in [-0.39, 0.29) is 0 Å². The first-order chi connectivity index (χ1) is 9.16. The first-order valence-electron chi connectivity index (χ1n) is 8.77. The van der Waals surface area contributed by atoms with Crippen molar-refractivity contribution in [2.75, 3.05) is 21.1 Å². The molecule has 0 spiro atoms. The molecule has 0 N–H and O–H groups in total. The summed E-state index contributed by atoms with van der Waals surface area (Å²) >= 11 is 0. The van der Waals surface area contributed by atoms with E-state index in [1.165, 1.54) is 83.4 Å². The van der Waals surface area contributed by atoms with Crippen LogP contribution in [0.5, 0.6) is 0 Å². The monoisotopic (exact) mass is 267 g/mol. The van der Waals surface area contributed by atoms with Crippen molar-refractivity contribution in [3.8, 4) is 0 Å². The lowest BCUT2D eigenvalue weighted by atomic mass is 9.85. The summed E-state index contributed by atoms with van der Waals surface area (Å²) in [5, 5.41) is 0. The van der Waals surface area contributed by atoms with E-state index in [1.807, 2.05) is 26.0 Å². The van der Waals surface area contributed by atoms with Crippen LogP contribution in [0.4, 0.5) is 0 Å². The molecule has 0 unspecified atom stereocenters. The second-order valence-corrected chi connectivity index (χ2v) is 6.76. The van der Waals surface area contributed by atoms with Crippen LogP contribution >= 0.6 is 0 Å². The zero-order valence-corrected chi connectivity index (χ0v) is 14.2. The second kappa shape index (κ2) is 14.4. The summed E-state index contributed by atoms with van der Waals surface area (Å²) in [6.07, 6.45) is 19.4. The highest BCUT2D eigenvalue weighted by molar-refractivity contribution is 6.08. The summed E-state index contributed by atoms with van der Waals surface area (Å²) in [5.41, 5.74) is 0. The van der Waals surface area contributed by atoms with Gasteiger partial charge in [-0.25, -0.2) is 0 Å². The normalized spacial score (nSPS) is 20.0. The highest BCUT2D eigenvalue weighted by Gasteiger charge is 2.07. The molecule has 2 heteroatoms. The Labute approximate surface area is 123 Å². The van der Waals surface area contributed by atoms with Gasteiger partial charge >= 0.3 is 0 Å². The molecule has 0 atom stereocenters. The Morgan fingerprint density at radius 3 is 1.37 bits per heavy atom. The first kappa shape index (κ1) is 19.0. The van der Waals surface area contributed by atoms with Crippen LogP contribution in [0, 0.1) is 5.92 Å². The van der Waals surface area contributed by atoms with Crippen LogP contribution in [-0.2, 0) is 0 Å². The van der Waals surface area contributed by atoms with Gasteiger partial charge in [-0.1, -0.05) is 83.4 Å². The van der Waals surface area contributed by atoms with Crippen LogP contribution in [0.15, 0.2) is 0 Å². The molecule has 0 heterocycles. The van der Waals surface area contributed by atoms with E-state index < -0.39 is 0 Å². The average molecular weight is 267 g/mol. The van der Waals surface area contributed by atoms with Crippen LogP contribution in [0.3, 0.4) is 0 Å². The van der Waals surface area contributed by atoms with E-state index >= 15 is 0 Å². The van der Waals surface area contributed by atoms with Gasteiger partial charge in [0.15, 0.2) is 0 Å². The minimum Gasteiger partial charge on any atom is -0.312 e. The Balaban J connectivity index is 0.000000711. The molecule has 1 rings (SSSR count). The molecule has 1 aliphatic carbocycles. The first-order valence-corrected chi connectivity index (χ1v) is 8.77. The number of hydrogen-bond acceptors (Lipinski definition) is 1. The molecule has 0 aromatic carbocycles. The zero-order valence-electron chi connectivity index (χ0n) is 14.2. The van der Waals surface area contributed by atoms with Gasteiger partial charge in [0.05, 0.1) is 0 Å². The third kappa shape index (κ3) is 16.0. The fourth-order valence-corrected chi connectivity index (χ4v) is 2.94. The Bertz CT molecular complexity index is 156. The van der Waals surface area contributed by atoms with Crippen molar-refractivity contribution in [2.24, 2.45) is 5.92 Å². The predicted molar refractivity (Wildman–Crippen MR) is 91.9 cm³/mol. The molecule has 1 fully saturated rings. The SMILES string of the molecule is BCCC1CCCCCCCCCCC1.CN(C)C. The van der Waals surface area contributed by atoms with Gasteiger partial charge in [0.2, 0.25) is 0 Å². The van der Waals surface area contributed by atoms with Gasteiger partial charge < -0.3 is 4.90 Å². The number of nitrogens with zero attached hydrogens (tertiary/aromatic N) is 1. The zero-order chi connectivity index (χ0) is 14.3. The van der Waals surface area contributed by atoms with E-state index in [0.29, 0.717) is 0 Å². The van der Waals surface area contributed by atoms with Crippen molar-refractivity contribution < 1.29 is 0 Å². The van der Waals surface area contributed by atoms with Gasteiger partial charge in [0.25, 0.3) is 0 Å². The minimum atomic E-state index is 1.06. The predicted octanol–water partition coefficient (Wildman–Crippen LogP) is 4.53. The van der Waals surface area contributed by atoms with Gasteiger partial charge in [0, 0.05) is 0 Å². The molecule has 0 saturated heterocycles. The van der Waals surface area contributed by atoms with Crippen molar-refractivity contribution >= 4 is 7.85 Å². The fourth-order valence-electron chi connectivity index (χ4n) is 2.94. The Kier molecular flexibility index (Phi) is 14.5. The maximum atomic E-state index is 2.34. The van der Waals surface area contributed by atoms with Crippen molar-refractivity contribution in [3.05, 3.63) is 0 Å². The molecular formula is C17H38BN. The highest BCUT2D eigenvalue weighted by Crippen LogP contribution is 2.24. The molecule has 19 heavy (non-hydrogen) atoms. The molecular weight excluding hydrogens is 229 g/mol. The molecule has 114 valence electrons.